The molecule has 0 unspecified atom stereocenters. The summed E-state index contributed by atoms with van der Waals surface area (Å²) in [5, 5.41) is 2.89. The minimum atomic E-state index is -0.210. The number of hydrogen-bond acceptors (Lipinski definition) is 3. The molecule has 5 heteroatoms. The number of nitrogens with zero attached hydrogens (tertiary/aromatic N) is 1. The Kier molecular flexibility index (Phi) is 6.78. The lowest BCUT2D eigenvalue weighted by Gasteiger charge is -2.18. The number of anilines is 1. The molecule has 0 radical (unpaired) electrons. The number of amides is 2. The van der Waals surface area contributed by atoms with E-state index in [1.54, 1.807) is 7.05 Å². The summed E-state index contributed by atoms with van der Waals surface area (Å²) in [6, 6.07) is 13.5. The molecule has 2 aromatic carbocycles. The van der Waals surface area contributed by atoms with Crippen LogP contribution in [0.4, 0.5) is 5.69 Å². The molecule has 0 aliphatic heterocycles. The van der Waals surface area contributed by atoms with Gasteiger partial charge >= 0.3 is 0 Å². The second-order valence-corrected chi connectivity index (χ2v) is 6.43. The van der Waals surface area contributed by atoms with Gasteiger partial charge in [-0.15, -0.1) is 0 Å². The first kappa shape index (κ1) is 19.5. The van der Waals surface area contributed by atoms with E-state index in [2.05, 4.69) is 5.32 Å². The van der Waals surface area contributed by atoms with Gasteiger partial charge in [-0.25, -0.2) is 0 Å². The summed E-state index contributed by atoms with van der Waals surface area (Å²) in [5.74, 6) is 0.434. The molecule has 26 heavy (non-hydrogen) atoms. The van der Waals surface area contributed by atoms with Crippen LogP contribution in [0.3, 0.4) is 0 Å². The number of likely N-dealkylation sites (N-methyl/N-ethyl adjacent to an activating group) is 1. The molecule has 0 heterocycles. The fourth-order valence-corrected chi connectivity index (χ4v) is 2.65. The average Bonchev–Trinajstić information content (AvgIpc) is 2.59. The SMILES string of the molecule is Cc1ccccc1OCCC(=O)N(C)CC(=O)Nc1c(C)cccc1C. The van der Waals surface area contributed by atoms with Crippen molar-refractivity contribution < 1.29 is 14.3 Å². The van der Waals surface area contributed by atoms with Gasteiger partial charge in [0.05, 0.1) is 19.6 Å². The quantitative estimate of drug-likeness (QED) is 0.828. The molecule has 0 spiro atoms. The lowest BCUT2D eigenvalue weighted by molar-refractivity contribution is -0.133. The number of rotatable bonds is 7. The Balaban J connectivity index is 1.81. The lowest BCUT2D eigenvalue weighted by atomic mass is 10.1. The number of nitrogens with one attached hydrogen (secondary N) is 1. The molecule has 0 aromatic heterocycles. The highest BCUT2D eigenvalue weighted by Crippen LogP contribution is 2.19. The molecular weight excluding hydrogens is 328 g/mol. The van der Waals surface area contributed by atoms with Gasteiger partial charge in [-0.3, -0.25) is 9.59 Å². The first-order valence-electron chi connectivity index (χ1n) is 8.67. The summed E-state index contributed by atoms with van der Waals surface area (Å²) in [6.45, 7) is 6.14. The molecule has 0 atom stereocenters. The second kappa shape index (κ2) is 9.04. The fourth-order valence-electron chi connectivity index (χ4n) is 2.65. The third-order valence-corrected chi connectivity index (χ3v) is 4.22. The van der Waals surface area contributed by atoms with Crippen molar-refractivity contribution in [2.45, 2.75) is 27.2 Å². The van der Waals surface area contributed by atoms with Crippen LogP contribution in [-0.2, 0) is 9.59 Å². The minimum absolute atomic E-state index is 0.0109. The van der Waals surface area contributed by atoms with E-state index in [0.29, 0.717) is 0 Å². The summed E-state index contributed by atoms with van der Waals surface area (Å²) in [5.41, 5.74) is 3.83. The largest absolute Gasteiger partial charge is 0.493 e. The molecule has 0 bridgehead atoms. The number of aryl methyl sites for hydroxylation is 3. The normalized spacial score (nSPS) is 10.3. The number of carbonyl (C=O) groups is 2. The second-order valence-electron chi connectivity index (χ2n) is 6.43. The summed E-state index contributed by atoms with van der Waals surface area (Å²) in [6.07, 6.45) is 0.224. The van der Waals surface area contributed by atoms with Crippen LogP contribution in [0, 0.1) is 20.8 Å². The van der Waals surface area contributed by atoms with Crippen molar-refractivity contribution in [2.75, 3.05) is 25.5 Å². The molecular formula is C21H26N2O3. The number of carbonyl (C=O) groups excluding carboxylic acids is 2. The maximum atomic E-state index is 12.2. The summed E-state index contributed by atoms with van der Waals surface area (Å²) < 4.78 is 5.64. The number of para-hydroxylation sites is 2. The minimum Gasteiger partial charge on any atom is -0.493 e. The number of hydrogen-bond donors (Lipinski definition) is 1. The van der Waals surface area contributed by atoms with Gasteiger partial charge in [-0.2, -0.15) is 0 Å². The van der Waals surface area contributed by atoms with Crippen molar-refractivity contribution in [1.82, 2.24) is 4.90 Å². The van der Waals surface area contributed by atoms with Crippen LogP contribution < -0.4 is 10.1 Å². The van der Waals surface area contributed by atoms with Gasteiger partial charge in [0, 0.05) is 12.7 Å². The van der Waals surface area contributed by atoms with Crippen molar-refractivity contribution in [1.29, 1.82) is 0 Å². The van der Waals surface area contributed by atoms with Crippen molar-refractivity contribution in [2.24, 2.45) is 0 Å². The topological polar surface area (TPSA) is 58.6 Å². The Morgan fingerprint density at radius 3 is 2.23 bits per heavy atom. The van der Waals surface area contributed by atoms with Crippen LogP contribution in [0.15, 0.2) is 42.5 Å². The molecule has 0 saturated heterocycles. The Morgan fingerprint density at radius 2 is 1.58 bits per heavy atom. The molecule has 138 valence electrons. The monoisotopic (exact) mass is 354 g/mol. The zero-order valence-corrected chi connectivity index (χ0v) is 15.8. The fraction of sp³-hybridized carbons (Fsp3) is 0.333. The van der Waals surface area contributed by atoms with Gasteiger partial charge in [0.2, 0.25) is 11.8 Å². The highest BCUT2D eigenvalue weighted by Gasteiger charge is 2.14. The van der Waals surface area contributed by atoms with E-state index in [4.69, 9.17) is 4.74 Å². The van der Waals surface area contributed by atoms with Crippen molar-refractivity contribution >= 4 is 17.5 Å². The number of benzene rings is 2. The molecule has 5 nitrogen and oxygen atoms in total. The highest BCUT2D eigenvalue weighted by molar-refractivity contribution is 5.95. The van der Waals surface area contributed by atoms with E-state index in [-0.39, 0.29) is 31.4 Å². The number of ether oxygens (including phenoxy) is 1. The molecule has 0 aliphatic carbocycles. The predicted molar refractivity (Wildman–Crippen MR) is 103 cm³/mol. The van der Waals surface area contributed by atoms with E-state index in [1.165, 1.54) is 4.90 Å². The van der Waals surface area contributed by atoms with Gasteiger partial charge in [0.25, 0.3) is 0 Å². The summed E-state index contributed by atoms with van der Waals surface area (Å²) in [4.78, 5) is 25.9. The maximum Gasteiger partial charge on any atom is 0.243 e. The zero-order chi connectivity index (χ0) is 19.1. The molecule has 2 rings (SSSR count). The molecule has 2 amide bonds. The Labute approximate surface area is 155 Å². The molecule has 0 aliphatic rings. The van der Waals surface area contributed by atoms with Gasteiger partial charge in [-0.05, 0) is 43.5 Å². The van der Waals surface area contributed by atoms with Gasteiger partial charge in [0.1, 0.15) is 5.75 Å². The zero-order valence-electron chi connectivity index (χ0n) is 15.8. The van der Waals surface area contributed by atoms with Crippen molar-refractivity contribution in [3.63, 3.8) is 0 Å². The van der Waals surface area contributed by atoms with Crippen molar-refractivity contribution in [3.05, 3.63) is 59.2 Å². The van der Waals surface area contributed by atoms with E-state index in [1.807, 2.05) is 63.2 Å². The summed E-state index contributed by atoms with van der Waals surface area (Å²) >= 11 is 0. The third-order valence-electron chi connectivity index (χ3n) is 4.22. The van der Waals surface area contributed by atoms with E-state index in [9.17, 15) is 9.59 Å². The van der Waals surface area contributed by atoms with E-state index < -0.39 is 0 Å². The van der Waals surface area contributed by atoms with Crippen LogP contribution in [0.2, 0.25) is 0 Å². The van der Waals surface area contributed by atoms with Crippen LogP contribution in [0.5, 0.6) is 5.75 Å². The highest BCUT2D eigenvalue weighted by atomic mass is 16.5. The molecule has 0 fully saturated rings. The van der Waals surface area contributed by atoms with Crippen LogP contribution in [-0.4, -0.2) is 36.9 Å². The standard InChI is InChI=1S/C21H26N2O3/c1-15-8-5-6-11-18(15)26-13-12-20(25)23(4)14-19(24)22-21-16(2)9-7-10-17(21)3/h5-11H,12-14H2,1-4H3,(H,22,24). The summed E-state index contributed by atoms with van der Waals surface area (Å²) in [7, 11) is 1.63. The smallest absolute Gasteiger partial charge is 0.243 e. The lowest BCUT2D eigenvalue weighted by Crippen LogP contribution is -2.35. The van der Waals surface area contributed by atoms with E-state index >= 15 is 0 Å². The first-order valence-corrected chi connectivity index (χ1v) is 8.67. The van der Waals surface area contributed by atoms with Gasteiger partial charge in [-0.1, -0.05) is 36.4 Å². The molecule has 0 saturated carbocycles. The Bertz CT molecular complexity index is 766. The Hall–Kier alpha value is -2.82. The van der Waals surface area contributed by atoms with Gasteiger partial charge < -0.3 is 15.0 Å². The van der Waals surface area contributed by atoms with Crippen LogP contribution in [0.25, 0.3) is 0 Å². The van der Waals surface area contributed by atoms with Gasteiger partial charge in [0.15, 0.2) is 0 Å². The maximum absolute atomic E-state index is 12.2. The first-order chi connectivity index (χ1) is 12.4. The third kappa shape index (κ3) is 5.34. The van der Waals surface area contributed by atoms with Crippen LogP contribution >= 0.6 is 0 Å². The Morgan fingerprint density at radius 1 is 0.962 bits per heavy atom. The van der Waals surface area contributed by atoms with Crippen LogP contribution in [0.1, 0.15) is 23.1 Å². The van der Waals surface area contributed by atoms with Crippen molar-refractivity contribution in [3.8, 4) is 5.75 Å². The molecule has 1 N–H and O–H groups in total. The average molecular weight is 354 g/mol. The van der Waals surface area contributed by atoms with E-state index in [0.717, 1.165) is 28.1 Å². The molecule has 2 aromatic rings. The predicted octanol–water partition coefficient (Wildman–Crippen LogP) is 3.48.